The number of halogens is 2. The molecule has 112 valence electrons. The Hall–Kier alpha value is -1.81. The zero-order chi connectivity index (χ0) is 15.6. The fourth-order valence-corrected chi connectivity index (χ4v) is 2.88. The van der Waals surface area contributed by atoms with Gasteiger partial charge in [0, 0.05) is 17.4 Å². The lowest BCUT2D eigenvalue weighted by atomic mass is 10.1. The second kappa shape index (κ2) is 6.31. The first kappa shape index (κ1) is 15.6. The molecule has 7 heteroatoms. The van der Waals surface area contributed by atoms with E-state index in [0.717, 1.165) is 14.9 Å². The molecule has 5 nitrogen and oxygen atoms in total. The first-order valence-corrected chi connectivity index (χ1v) is 7.20. The van der Waals surface area contributed by atoms with Gasteiger partial charge in [0.15, 0.2) is 6.17 Å². The van der Waals surface area contributed by atoms with Crippen molar-refractivity contribution in [1.29, 1.82) is 5.26 Å². The van der Waals surface area contributed by atoms with Crippen molar-refractivity contribution in [3.63, 3.8) is 0 Å². The summed E-state index contributed by atoms with van der Waals surface area (Å²) in [5.74, 6) is 0.358. The van der Waals surface area contributed by atoms with E-state index in [9.17, 15) is 9.18 Å². The lowest BCUT2D eigenvalue weighted by molar-refractivity contribution is 0.0244. The van der Waals surface area contributed by atoms with Crippen LogP contribution in [0.1, 0.15) is 17.5 Å². The van der Waals surface area contributed by atoms with Gasteiger partial charge in [0.1, 0.15) is 17.9 Å². The van der Waals surface area contributed by atoms with Crippen LogP contribution >= 0.6 is 15.9 Å². The SMILES string of the molecule is Cc1cc(Br)cc(C#N)c1OC1CCN(C(=O)O)CC1F. The fraction of sp³-hybridized carbons (Fsp3) is 0.429. The zero-order valence-electron chi connectivity index (χ0n) is 11.3. The molecule has 1 aromatic carbocycles. The van der Waals surface area contributed by atoms with Gasteiger partial charge in [0.25, 0.3) is 0 Å². The third-order valence-electron chi connectivity index (χ3n) is 3.38. The molecule has 1 aliphatic heterocycles. The van der Waals surface area contributed by atoms with Crippen LogP contribution in [0.15, 0.2) is 16.6 Å². The molecule has 1 saturated heterocycles. The number of benzene rings is 1. The molecule has 21 heavy (non-hydrogen) atoms. The molecule has 1 amide bonds. The summed E-state index contributed by atoms with van der Waals surface area (Å²) in [5, 5.41) is 18.0. The van der Waals surface area contributed by atoms with Crippen molar-refractivity contribution in [2.45, 2.75) is 25.6 Å². The molecule has 1 aliphatic rings. The molecule has 0 bridgehead atoms. The molecular formula is C14H14BrFN2O3. The number of piperidine rings is 1. The van der Waals surface area contributed by atoms with Gasteiger partial charge in [0.2, 0.25) is 0 Å². The quantitative estimate of drug-likeness (QED) is 0.883. The molecule has 2 atom stereocenters. The fourth-order valence-electron chi connectivity index (χ4n) is 2.31. The predicted octanol–water partition coefficient (Wildman–Crippen LogP) is 3.10. The highest BCUT2D eigenvalue weighted by atomic mass is 79.9. The number of amides is 1. The number of rotatable bonds is 2. The molecular weight excluding hydrogens is 343 g/mol. The second-order valence-electron chi connectivity index (χ2n) is 4.90. The average Bonchev–Trinajstić information content (AvgIpc) is 2.42. The zero-order valence-corrected chi connectivity index (χ0v) is 12.9. The molecule has 1 N–H and O–H groups in total. The number of hydrogen-bond acceptors (Lipinski definition) is 3. The van der Waals surface area contributed by atoms with Crippen LogP contribution in [-0.4, -0.2) is 41.5 Å². The standard InChI is InChI=1S/C14H14BrFN2O3/c1-8-4-10(15)5-9(6-17)13(8)21-12-2-3-18(14(19)20)7-11(12)16/h4-5,11-12H,2-3,7H2,1H3,(H,19,20). The number of ether oxygens (including phenoxy) is 1. The Kier molecular flexibility index (Phi) is 4.68. The van der Waals surface area contributed by atoms with E-state index in [1.165, 1.54) is 0 Å². The Bertz CT molecular complexity index is 603. The Labute approximate surface area is 130 Å². The summed E-state index contributed by atoms with van der Waals surface area (Å²) in [7, 11) is 0. The van der Waals surface area contributed by atoms with Crippen LogP contribution < -0.4 is 4.74 Å². The number of carbonyl (C=O) groups is 1. The number of nitriles is 1. The summed E-state index contributed by atoms with van der Waals surface area (Å²) in [4.78, 5) is 11.9. The number of hydrogen-bond donors (Lipinski definition) is 1. The molecule has 0 aromatic heterocycles. The number of alkyl halides is 1. The van der Waals surface area contributed by atoms with Crippen LogP contribution in [0.5, 0.6) is 5.75 Å². The molecule has 0 spiro atoms. The summed E-state index contributed by atoms with van der Waals surface area (Å²) in [6, 6.07) is 5.43. The van der Waals surface area contributed by atoms with Gasteiger partial charge in [-0.1, -0.05) is 15.9 Å². The van der Waals surface area contributed by atoms with Crippen LogP contribution in [0.3, 0.4) is 0 Å². The Morgan fingerprint density at radius 1 is 1.62 bits per heavy atom. The van der Waals surface area contributed by atoms with Crippen molar-refractivity contribution in [2.24, 2.45) is 0 Å². The highest BCUT2D eigenvalue weighted by molar-refractivity contribution is 9.10. The monoisotopic (exact) mass is 356 g/mol. The second-order valence-corrected chi connectivity index (χ2v) is 5.82. The van der Waals surface area contributed by atoms with E-state index in [-0.39, 0.29) is 19.5 Å². The van der Waals surface area contributed by atoms with Crippen molar-refractivity contribution in [3.8, 4) is 11.8 Å². The Balaban J connectivity index is 2.17. The summed E-state index contributed by atoms with van der Waals surface area (Å²) in [5.41, 5.74) is 1.06. The highest BCUT2D eigenvalue weighted by Crippen LogP contribution is 2.30. The van der Waals surface area contributed by atoms with Crippen molar-refractivity contribution < 1.29 is 19.0 Å². The molecule has 0 radical (unpaired) electrons. The van der Waals surface area contributed by atoms with Crippen LogP contribution in [0, 0.1) is 18.3 Å². The van der Waals surface area contributed by atoms with Crippen LogP contribution in [0.25, 0.3) is 0 Å². The molecule has 2 unspecified atom stereocenters. The summed E-state index contributed by atoms with van der Waals surface area (Å²) in [6.07, 6.45) is -3.03. The minimum Gasteiger partial charge on any atom is -0.486 e. The van der Waals surface area contributed by atoms with Crippen molar-refractivity contribution >= 4 is 22.0 Å². The lowest BCUT2D eigenvalue weighted by Gasteiger charge is -2.33. The van der Waals surface area contributed by atoms with Gasteiger partial charge in [-0.25, -0.2) is 9.18 Å². The molecule has 1 fully saturated rings. The van der Waals surface area contributed by atoms with Gasteiger partial charge >= 0.3 is 6.09 Å². The molecule has 1 heterocycles. The van der Waals surface area contributed by atoms with E-state index in [4.69, 9.17) is 15.1 Å². The number of carboxylic acid groups (broad SMARTS) is 1. The first-order chi connectivity index (χ1) is 9.92. The first-order valence-electron chi connectivity index (χ1n) is 6.41. The normalized spacial score (nSPS) is 21.7. The largest absolute Gasteiger partial charge is 0.486 e. The Morgan fingerprint density at radius 3 is 2.90 bits per heavy atom. The maximum atomic E-state index is 14.1. The molecule has 2 rings (SSSR count). The predicted molar refractivity (Wildman–Crippen MR) is 77.1 cm³/mol. The maximum absolute atomic E-state index is 14.1. The van der Waals surface area contributed by atoms with Crippen molar-refractivity contribution in [3.05, 3.63) is 27.7 Å². The van der Waals surface area contributed by atoms with Gasteiger partial charge in [-0.05, 0) is 24.6 Å². The van der Waals surface area contributed by atoms with Gasteiger partial charge in [-0.2, -0.15) is 5.26 Å². The van der Waals surface area contributed by atoms with Crippen LogP contribution in [0.4, 0.5) is 9.18 Å². The average molecular weight is 357 g/mol. The molecule has 1 aromatic rings. The van der Waals surface area contributed by atoms with Crippen LogP contribution in [0.2, 0.25) is 0 Å². The van der Waals surface area contributed by atoms with Crippen LogP contribution in [-0.2, 0) is 0 Å². The van der Waals surface area contributed by atoms with E-state index >= 15 is 0 Å². The maximum Gasteiger partial charge on any atom is 0.407 e. The third-order valence-corrected chi connectivity index (χ3v) is 3.84. The third kappa shape index (κ3) is 3.45. The van der Waals surface area contributed by atoms with Gasteiger partial charge < -0.3 is 14.7 Å². The highest BCUT2D eigenvalue weighted by Gasteiger charge is 2.33. The summed E-state index contributed by atoms with van der Waals surface area (Å²) < 4.78 is 20.5. The Morgan fingerprint density at radius 2 is 2.33 bits per heavy atom. The summed E-state index contributed by atoms with van der Waals surface area (Å²) in [6.45, 7) is 1.79. The van der Waals surface area contributed by atoms with E-state index < -0.39 is 18.4 Å². The number of nitrogens with zero attached hydrogens (tertiary/aromatic N) is 2. The van der Waals surface area contributed by atoms with Crippen molar-refractivity contribution in [1.82, 2.24) is 4.90 Å². The number of likely N-dealkylation sites (tertiary alicyclic amines) is 1. The number of aryl methyl sites for hydroxylation is 1. The van der Waals surface area contributed by atoms with E-state index in [0.29, 0.717) is 11.3 Å². The van der Waals surface area contributed by atoms with Gasteiger partial charge in [0.05, 0.1) is 12.1 Å². The lowest BCUT2D eigenvalue weighted by Crippen LogP contribution is -2.48. The summed E-state index contributed by atoms with van der Waals surface area (Å²) >= 11 is 3.30. The van der Waals surface area contributed by atoms with Gasteiger partial charge in [-0.15, -0.1) is 0 Å². The van der Waals surface area contributed by atoms with Gasteiger partial charge in [-0.3, -0.25) is 0 Å². The smallest absolute Gasteiger partial charge is 0.407 e. The van der Waals surface area contributed by atoms with Crippen molar-refractivity contribution in [2.75, 3.05) is 13.1 Å². The van der Waals surface area contributed by atoms with E-state index in [2.05, 4.69) is 15.9 Å². The van der Waals surface area contributed by atoms with E-state index in [1.54, 1.807) is 19.1 Å². The molecule has 0 aliphatic carbocycles. The van der Waals surface area contributed by atoms with E-state index in [1.807, 2.05) is 6.07 Å². The minimum atomic E-state index is -1.41. The molecule has 0 saturated carbocycles. The minimum absolute atomic E-state index is 0.211. The topological polar surface area (TPSA) is 73.6 Å².